The first kappa shape index (κ1) is 21.9. The zero-order valence-corrected chi connectivity index (χ0v) is 19.0. The summed E-state index contributed by atoms with van der Waals surface area (Å²) in [4.78, 5) is 25.6. The molecule has 1 aromatic carbocycles. The second-order valence-corrected chi connectivity index (χ2v) is 9.43. The molecule has 0 atom stereocenters. The van der Waals surface area contributed by atoms with E-state index < -0.39 is 5.82 Å². The minimum atomic E-state index is -0.465. The SMILES string of the molecule is NC(=O)C1CCC(n2c(Nc3ccc(Cl)cc3F)nc3cnc(NC4CCCC4)nc32)CC1. The Morgan fingerprint density at radius 3 is 2.58 bits per heavy atom. The standard InChI is InChI=1S/C23H27ClFN7O/c24-14-7-10-18(17(25)11-14)29-23-30-19-12-27-22(28-15-3-1-2-4-15)31-21(19)32(23)16-8-5-13(6-9-16)20(26)33/h7,10-13,15-16H,1-6,8-9H2,(H2,26,33)(H,29,30)(H,27,28,31). The van der Waals surface area contributed by atoms with E-state index in [0.717, 1.165) is 25.7 Å². The van der Waals surface area contributed by atoms with Crippen LogP contribution in [0.3, 0.4) is 0 Å². The summed E-state index contributed by atoms with van der Waals surface area (Å²) >= 11 is 5.91. The topological polar surface area (TPSA) is 111 Å². The monoisotopic (exact) mass is 471 g/mol. The fraction of sp³-hybridized carbons (Fsp3) is 0.478. The third-order valence-corrected chi connectivity index (χ3v) is 7.00. The van der Waals surface area contributed by atoms with Crippen LogP contribution in [0.25, 0.3) is 11.2 Å². The van der Waals surface area contributed by atoms with E-state index in [9.17, 15) is 9.18 Å². The molecule has 10 heteroatoms. The molecule has 2 saturated carbocycles. The molecule has 2 aliphatic rings. The van der Waals surface area contributed by atoms with Crippen molar-refractivity contribution in [2.24, 2.45) is 11.7 Å². The molecule has 0 saturated heterocycles. The summed E-state index contributed by atoms with van der Waals surface area (Å²) in [5, 5.41) is 6.88. The summed E-state index contributed by atoms with van der Waals surface area (Å²) in [7, 11) is 0. The van der Waals surface area contributed by atoms with Crippen LogP contribution < -0.4 is 16.4 Å². The number of carbonyl (C=O) groups is 1. The number of imidazole rings is 1. The molecular formula is C23H27ClFN7O. The molecule has 0 bridgehead atoms. The first-order valence-corrected chi connectivity index (χ1v) is 11.9. The van der Waals surface area contributed by atoms with Crippen LogP contribution in [-0.4, -0.2) is 31.5 Å². The Balaban J connectivity index is 1.51. The lowest BCUT2D eigenvalue weighted by molar-refractivity contribution is -0.122. The number of halogens is 2. The summed E-state index contributed by atoms with van der Waals surface area (Å²) in [5.74, 6) is 0.228. The maximum absolute atomic E-state index is 14.5. The molecule has 0 radical (unpaired) electrons. The van der Waals surface area contributed by atoms with Gasteiger partial charge in [-0.2, -0.15) is 4.98 Å². The van der Waals surface area contributed by atoms with Crippen molar-refractivity contribution in [3.8, 4) is 0 Å². The second kappa shape index (κ2) is 9.13. The van der Waals surface area contributed by atoms with Gasteiger partial charge in [-0.1, -0.05) is 24.4 Å². The quantitative estimate of drug-likeness (QED) is 0.470. The van der Waals surface area contributed by atoms with Crippen molar-refractivity contribution in [2.45, 2.75) is 63.5 Å². The molecule has 8 nitrogen and oxygen atoms in total. The Labute approximate surface area is 196 Å². The number of benzene rings is 1. The van der Waals surface area contributed by atoms with Gasteiger partial charge in [-0.15, -0.1) is 0 Å². The van der Waals surface area contributed by atoms with Crippen LogP contribution in [0.15, 0.2) is 24.4 Å². The molecule has 33 heavy (non-hydrogen) atoms. The first-order chi connectivity index (χ1) is 16.0. The molecular weight excluding hydrogens is 445 g/mol. The van der Waals surface area contributed by atoms with Crippen LogP contribution in [0.5, 0.6) is 0 Å². The van der Waals surface area contributed by atoms with E-state index in [0.29, 0.717) is 47.0 Å². The number of primary amides is 1. The third-order valence-electron chi connectivity index (χ3n) is 6.76. The molecule has 0 aliphatic heterocycles. The second-order valence-electron chi connectivity index (χ2n) is 8.99. The number of nitrogens with one attached hydrogen (secondary N) is 2. The van der Waals surface area contributed by atoms with E-state index in [-0.39, 0.29) is 23.6 Å². The van der Waals surface area contributed by atoms with Gasteiger partial charge in [0.25, 0.3) is 0 Å². The number of fused-ring (bicyclic) bond motifs is 1. The Bertz CT molecular complexity index is 1170. The van der Waals surface area contributed by atoms with Gasteiger partial charge in [0.05, 0.1) is 11.9 Å². The zero-order chi connectivity index (χ0) is 22.9. The van der Waals surface area contributed by atoms with Crippen molar-refractivity contribution < 1.29 is 9.18 Å². The maximum Gasteiger partial charge on any atom is 0.224 e. The third kappa shape index (κ3) is 4.59. The predicted octanol–water partition coefficient (Wildman–Crippen LogP) is 4.93. The van der Waals surface area contributed by atoms with E-state index in [4.69, 9.17) is 22.3 Å². The van der Waals surface area contributed by atoms with E-state index in [2.05, 4.69) is 20.6 Å². The highest BCUT2D eigenvalue weighted by Crippen LogP contribution is 2.37. The highest BCUT2D eigenvalue weighted by molar-refractivity contribution is 6.30. The molecule has 4 N–H and O–H groups in total. The number of carbonyl (C=O) groups excluding carboxylic acids is 1. The zero-order valence-electron chi connectivity index (χ0n) is 18.2. The predicted molar refractivity (Wildman–Crippen MR) is 126 cm³/mol. The lowest BCUT2D eigenvalue weighted by atomic mass is 9.85. The Morgan fingerprint density at radius 2 is 1.88 bits per heavy atom. The van der Waals surface area contributed by atoms with E-state index in [1.165, 1.54) is 18.9 Å². The van der Waals surface area contributed by atoms with Gasteiger partial charge in [0, 0.05) is 23.0 Å². The number of aromatic nitrogens is 4. The van der Waals surface area contributed by atoms with Crippen molar-refractivity contribution in [3.63, 3.8) is 0 Å². The van der Waals surface area contributed by atoms with Crippen molar-refractivity contribution in [1.82, 2.24) is 19.5 Å². The number of nitrogens with two attached hydrogens (primary N) is 1. The molecule has 174 valence electrons. The van der Waals surface area contributed by atoms with Crippen molar-refractivity contribution in [2.75, 3.05) is 10.6 Å². The van der Waals surface area contributed by atoms with Crippen LogP contribution in [-0.2, 0) is 4.79 Å². The largest absolute Gasteiger partial charge is 0.369 e. The average Bonchev–Trinajstić information content (AvgIpc) is 3.43. The molecule has 1 amide bonds. The summed E-state index contributed by atoms with van der Waals surface area (Å²) in [6.45, 7) is 0. The minimum absolute atomic E-state index is 0.0534. The van der Waals surface area contributed by atoms with Crippen molar-refractivity contribution in [3.05, 3.63) is 35.2 Å². The van der Waals surface area contributed by atoms with Gasteiger partial charge in [-0.05, 0) is 56.7 Å². The lowest BCUT2D eigenvalue weighted by Crippen LogP contribution is -2.28. The van der Waals surface area contributed by atoms with Gasteiger partial charge in [-0.3, -0.25) is 9.36 Å². The normalized spacial score (nSPS) is 21.4. The van der Waals surface area contributed by atoms with Crippen molar-refractivity contribution in [1.29, 1.82) is 0 Å². The van der Waals surface area contributed by atoms with Gasteiger partial charge in [-0.25, -0.2) is 14.4 Å². The number of rotatable bonds is 6. The van der Waals surface area contributed by atoms with E-state index >= 15 is 0 Å². The fourth-order valence-electron chi connectivity index (χ4n) is 4.98. The molecule has 3 aromatic rings. The van der Waals surface area contributed by atoms with E-state index in [1.54, 1.807) is 18.3 Å². The summed E-state index contributed by atoms with van der Waals surface area (Å²) in [6, 6.07) is 4.91. The first-order valence-electron chi connectivity index (χ1n) is 11.5. The average molecular weight is 472 g/mol. The summed E-state index contributed by atoms with van der Waals surface area (Å²) < 4.78 is 16.5. The van der Waals surface area contributed by atoms with Gasteiger partial charge in [0.2, 0.25) is 17.8 Å². The molecule has 2 fully saturated rings. The van der Waals surface area contributed by atoms with Crippen LogP contribution >= 0.6 is 11.6 Å². The highest BCUT2D eigenvalue weighted by atomic mass is 35.5. The van der Waals surface area contributed by atoms with Crippen LogP contribution in [0.1, 0.15) is 57.4 Å². The van der Waals surface area contributed by atoms with Gasteiger partial charge >= 0.3 is 0 Å². The molecule has 5 rings (SSSR count). The summed E-state index contributed by atoms with van der Waals surface area (Å²) in [6.07, 6.45) is 9.26. The molecule has 2 aliphatic carbocycles. The van der Waals surface area contributed by atoms with Crippen molar-refractivity contribution >= 4 is 46.3 Å². The number of nitrogens with zero attached hydrogens (tertiary/aromatic N) is 4. The smallest absolute Gasteiger partial charge is 0.224 e. The molecule has 0 unspecified atom stereocenters. The Kier molecular flexibility index (Phi) is 6.05. The fourth-order valence-corrected chi connectivity index (χ4v) is 5.14. The Morgan fingerprint density at radius 1 is 1.12 bits per heavy atom. The Hall–Kier alpha value is -2.94. The van der Waals surface area contributed by atoms with Gasteiger partial charge in [0.1, 0.15) is 11.3 Å². The number of hydrogen-bond acceptors (Lipinski definition) is 6. The minimum Gasteiger partial charge on any atom is -0.369 e. The number of anilines is 3. The highest BCUT2D eigenvalue weighted by Gasteiger charge is 2.29. The van der Waals surface area contributed by atoms with Crippen LogP contribution in [0.4, 0.5) is 22.0 Å². The van der Waals surface area contributed by atoms with Gasteiger partial charge < -0.3 is 16.4 Å². The number of hydrogen-bond donors (Lipinski definition) is 3. The summed E-state index contributed by atoms with van der Waals surface area (Å²) in [5.41, 5.74) is 7.12. The van der Waals surface area contributed by atoms with Crippen LogP contribution in [0.2, 0.25) is 5.02 Å². The lowest BCUT2D eigenvalue weighted by Gasteiger charge is -2.29. The van der Waals surface area contributed by atoms with E-state index in [1.807, 2.05) is 4.57 Å². The molecule has 2 aromatic heterocycles. The maximum atomic E-state index is 14.5. The van der Waals surface area contributed by atoms with Crippen LogP contribution in [0, 0.1) is 11.7 Å². The molecule has 0 spiro atoms. The number of amides is 1. The molecule has 2 heterocycles. The van der Waals surface area contributed by atoms with Gasteiger partial charge in [0.15, 0.2) is 5.65 Å².